The number of carbonyl (C=O) groups is 1. The molecule has 2 aromatic carbocycles. The van der Waals surface area contributed by atoms with E-state index in [1.54, 1.807) is 0 Å². The van der Waals surface area contributed by atoms with Gasteiger partial charge >= 0.3 is 6.09 Å². The van der Waals surface area contributed by atoms with Gasteiger partial charge in [0.1, 0.15) is 5.60 Å². The molecule has 1 saturated heterocycles. The van der Waals surface area contributed by atoms with Crippen molar-refractivity contribution < 1.29 is 9.53 Å². The van der Waals surface area contributed by atoms with Crippen molar-refractivity contribution >= 4 is 16.9 Å². The zero-order chi connectivity index (χ0) is 17.2. The molecular weight excluding hydrogens is 300 g/mol. The molecule has 0 spiro atoms. The number of hydrogen-bond acceptors (Lipinski definition) is 3. The number of rotatable bonds is 2. The SMILES string of the molecule is CC(C)(C)OC(=O)N1CCN(Cc2cccc3ccccc23)CC1. The van der Waals surface area contributed by atoms with Crippen molar-refractivity contribution in [3.8, 4) is 0 Å². The Bertz CT molecular complexity index is 708. The van der Waals surface area contributed by atoms with E-state index in [1.807, 2.05) is 25.7 Å². The average Bonchev–Trinajstić information content (AvgIpc) is 2.54. The van der Waals surface area contributed by atoms with Gasteiger partial charge in [0.15, 0.2) is 0 Å². The summed E-state index contributed by atoms with van der Waals surface area (Å²) in [6, 6.07) is 15.0. The van der Waals surface area contributed by atoms with Crippen LogP contribution in [-0.2, 0) is 11.3 Å². The molecule has 0 bridgehead atoms. The Morgan fingerprint density at radius 1 is 1.00 bits per heavy atom. The van der Waals surface area contributed by atoms with E-state index in [0.717, 1.165) is 32.7 Å². The lowest BCUT2D eigenvalue weighted by Gasteiger charge is -2.35. The van der Waals surface area contributed by atoms with E-state index in [4.69, 9.17) is 4.74 Å². The first-order valence-corrected chi connectivity index (χ1v) is 8.59. The molecular formula is C20H26N2O2. The molecule has 1 aliphatic heterocycles. The lowest BCUT2D eigenvalue weighted by atomic mass is 10.0. The van der Waals surface area contributed by atoms with Crippen molar-refractivity contribution in [2.75, 3.05) is 26.2 Å². The summed E-state index contributed by atoms with van der Waals surface area (Å²) in [6.45, 7) is 9.83. The van der Waals surface area contributed by atoms with Gasteiger partial charge in [-0.15, -0.1) is 0 Å². The fraction of sp³-hybridized carbons (Fsp3) is 0.450. The number of hydrogen-bond donors (Lipinski definition) is 0. The van der Waals surface area contributed by atoms with Gasteiger partial charge in [0, 0.05) is 32.7 Å². The Hall–Kier alpha value is -2.07. The summed E-state index contributed by atoms with van der Waals surface area (Å²) in [6.07, 6.45) is -0.202. The van der Waals surface area contributed by atoms with Crippen LogP contribution in [0.15, 0.2) is 42.5 Å². The van der Waals surface area contributed by atoms with Gasteiger partial charge < -0.3 is 9.64 Å². The third-order valence-corrected chi connectivity index (χ3v) is 4.30. The van der Waals surface area contributed by atoms with Crippen LogP contribution in [0, 0.1) is 0 Å². The van der Waals surface area contributed by atoms with Crippen molar-refractivity contribution in [1.82, 2.24) is 9.80 Å². The number of benzene rings is 2. The first-order valence-electron chi connectivity index (χ1n) is 8.59. The summed E-state index contributed by atoms with van der Waals surface area (Å²) in [5, 5.41) is 2.59. The lowest BCUT2D eigenvalue weighted by Crippen LogP contribution is -2.49. The number of ether oxygens (including phenoxy) is 1. The Morgan fingerprint density at radius 3 is 2.38 bits per heavy atom. The Balaban J connectivity index is 1.60. The third kappa shape index (κ3) is 4.06. The second-order valence-corrected chi connectivity index (χ2v) is 7.38. The summed E-state index contributed by atoms with van der Waals surface area (Å²) < 4.78 is 5.46. The maximum atomic E-state index is 12.1. The minimum Gasteiger partial charge on any atom is -0.444 e. The monoisotopic (exact) mass is 326 g/mol. The number of nitrogens with zero attached hydrogens (tertiary/aromatic N) is 2. The zero-order valence-electron chi connectivity index (χ0n) is 14.8. The molecule has 1 fully saturated rings. The molecule has 1 aliphatic rings. The molecule has 0 atom stereocenters. The normalized spacial score (nSPS) is 16.4. The van der Waals surface area contributed by atoms with Crippen LogP contribution in [0.2, 0.25) is 0 Å². The van der Waals surface area contributed by atoms with Crippen molar-refractivity contribution in [3.05, 3.63) is 48.0 Å². The summed E-state index contributed by atoms with van der Waals surface area (Å²) in [5.74, 6) is 0. The van der Waals surface area contributed by atoms with Gasteiger partial charge in [0.05, 0.1) is 0 Å². The molecule has 4 heteroatoms. The van der Waals surface area contributed by atoms with Crippen LogP contribution < -0.4 is 0 Å². The van der Waals surface area contributed by atoms with Crippen LogP contribution in [0.4, 0.5) is 4.79 Å². The molecule has 0 aliphatic carbocycles. The van der Waals surface area contributed by atoms with Crippen molar-refractivity contribution in [1.29, 1.82) is 0 Å². The van der Waals surface area contributed by atoms with Crippen LogP contribution in [-0.4, -0.2) is 47.7 Å². The Morgan fingerprint density at radius 2 is 1.67 bits per heavy atom. The molecule has 3 rings (SSSR count). The van der Waals surface area contributed by atoms with E-state index in [0.29, 0.717) is 0 Å². The number of fused-ring (bicyclic) bond motifs is 1. The van der Waals surface area contributed by atoms with Crippen LogP contribution in [0.5, 0.6) is 0 Å². The van der Waals surface area contributed by atoms with Crippen molar-refractivity contribution in [3.63, 3.8) is 0 Å². The third-order valence-electron chi connectivity index (χ3n) is 4.30. The van der Waals surface area contributed by atoms with Crippen molar-refractivity contribution in [2.24, 2.45) is 0 Å². The van der Waals surface area contributed by atoms with Crippen molar-refractivity contribution in [2.45, 2.75) is 32.9 Å². The maximum Gasteiger partial charge on any atom is 0.410 e. The van der Waals surface area contributed by atoms with Crippen LogP contribution in [0.25, 0.3) is 10.8 Å². The molecule has 0 unspecified atom stereocenters. The second-order valence-electron chi connectivity index (χ2n) is 7.38. The number of amides is 1. The highest BCUT2D eigenvalue weighted by Gasteiger charge is 2.25. The topological polar surface area (TPSA) is 32.8 Å². The Labute approximate surface area is 144 Å². The van der Waals surface area contributed by atoms with Crippen LogP contribution >= 0.6 is 0 Å². The predicted octanol–water partition coefficient (Wildman–Crippen LogP) is 3.89. The summed E-state index contributed by atoms with van der Waals surface area (Å²) in [5.41, 5.74) is 0.913. The fourth-order valence-corrected chi connectivity index (χ4v) is 3.09. The van der Waals surface area contributed by atoms with Gasteiger partial charge in [-0.25, -0.2) is 4.79 Å². The van der Waals surface area contributed by atoms with Gasteiger partial charge in [-0.3, -0.25) is 4.90 Å². The minimum absolute atomic E-state index is 0.202. The molecule has 0 saturated carbocycles. The highest BCUT2D eigenvalue weighted by Crippen LogP contribution is 2.21. The minimum atomic E-state index is -0.433. The molecule has 4 nitrogen and oxygen atoms in total. The van der Waals surface area contributed by atoms with Gasteiger partial charge in [0.25, 0.3) is 0 Å². The van der Waals surface area contributed by atoms with E-state index >= 15 is 0 Å². The molecule has 128 valence electrons. The molecule has 0 radical (unpaired) electrons. The van der Waals surface area contributed by atoms with E-state index in [-0.39, 0.29) is 6.09 Å². The largest absolute Gasteiger partial charge is 0.444 e. The molecule has 1 amide bonds. The Kier molecular flexibility index (Phi) is 4.76. The lowest BCUT2D eigenvalue weighted by molar-refractivity contribution is 0.0139. The van der Waals surface area contributed by atoms with Gasteiger partial charge in [-0.05, 0) is 37.1 Å². The van der Waals surface area contributed by atoms with E-state index in [2.05, 4.69) is 47.4 Å². The van der Waals surface area contributed by atoms with Crippen LogP contribution in [0.3, 0.4) is 0 Å². The summed E-state index contributed by atoms with van der Waals surface area (Å²) >= 11 is 0. The highest BCUT2D eigenvalue weighted by atomic mass is 16.6. The first kappa shape index (κ1) is 16.8. The average molecular weight is 326 g/mol. The zero-order valence-corrected chi connectivity index (χ0v) is 14.8. The van der Waals surface area contributed by atoms with Gasteiger partial charge in [-0.1, -0.05) is 42.5 Å². The first-order chi connectivity index (χ1) is 11.4. The number of piperazine rings is 1. The summed E-state index contributed by atoms with van der Waals surface area (Å²) in [4.78, 5) is 16.4. The van der Waals surface area contributed by atoms with E-state index in [1.165, 1.54) is 16.3 Å². The predicted molar refractivity (Wildman–Crippen MR) is 97.0 cm³/mol. The van der Waals surface area contributed by atoms with Gasteiger partial charge in [-0.2, -0.15) is 0 Å². The van der Waals surface area contributed by atoms with Crippen LogP contribution in [0.1, 0.15) is 26.3 Å². The quantitative estimate of drug-likeness (QED) is 0.839. The molecule has 0 N–H and O–H groups in total. The fourth-order valence-electron chi connectivity index (χ4n) is 3.09. The summed E-state index contributed by atoms with van der Waals surface area (Å²) in [7, 11) is 0. The van der Waals surface area contributed by atoms with Gasteiger partial charge in [0.2, 0.25) is 0 Å². The van der Waals surface area contributed by atoms with E-state index in [9.17, 15) is 4.79 Å². The molecule has 2 aromatic rings. The smallest absolute Gasteiger partial charge is 0.410 e. The molecule has 1 heterocycles. The highest BCUT2D eigenvalue weighted by molar-refractivity contribution is 5.85. The second kappa shape index (κ2) is 6.81. The molecule has 0 aromatic heterocycles. The number of carbonyl (C=O) groups excluding carboxylic acids is 1. The van der Waals surface area contributed by atoms with E-state index < -0.39 is 5.60 Å². The molecule has 24 heavy (non-hydrogen) atoms. The standard InChI is InChI=1S/C20H26N2O2/c1-20(2,3)24-19(23)22-13-11-21(12-14-22)15-17-9-6-8-16-7-4-5-10-18(16)17/h4-10H,11-15H2,1-3H3. The maximum absolute atomic E-state index is 12.1.